The molecule has 4 rings (SSSR count). The number of imidazole rings is 1. The highest BCUT2D eigenvalue weighted by Crippen LogP contribution is 2.28. The molecule has 4 N–H and O–H groups in total. The molecule has 4 aromatic rings. The third-order valence-corrected chi connectivity index (χ3v) is 4.73. The van der Waals surface area contributed by atoms with E-state index in [1.54, 1.807) is 37.3 Å². The molecular formula is C20H19FN4O3. The van der Waals surface area contributed by atoms with Crippen molar-refractivity contribution in [1.29, 1.82) is 0 Å². The van der Waals surface area contributed by atoms with Gasteiger partial charge in [-0.25, -0.2) is 9.18 Å². The van der Waals surface area contributed by atoms with Crippen LogP contribution in [0.25, 0.3) is 22.0 Å². The van der Waals surface area contributed by atoms with E-state index >= 15 is 0 Å². The number of aromatic nitrogens is 2. The maximum atomic E-state index is 13.8. The highest BCUT2D eigenvalue weighted by molar-refractivity contribution is 5.96. The summed E-state index contributed by atoms with van der Waals surface area (Å²) in [6, 6.07) is 9.13. The number of carbonyl (C=O) groups excluding carboxylic acids is 1. The molecule has 0 aliphatic heterocycles. The van der Waals surface area contributed by atoms with Crippen molar-refractivity contribution in [3.8, 4) is 0 Å². The van der Waals surface area contributed by atoms with Gasteiger partial charge in [0, 0.05) is 22.7 Å². The zero-order chi connectivity index (χ0) is 19.8. The standard InChI is InChI=1S/C20H19FN4O3/c1-10(14-9-28-18-13(14)4-3-5-15(18)21)22-11(2)19(26)23-12-6-7-16-17(8-12)25-20(27)24-16/h3-11,22H,1-2H3,(H,23,26)(H2,24,25,27)/t10-,11?/m1/s1. The van der Waals surface area contributed by atoms with E-state index in [-0.39, 0.29) is 23.2 Å². The maximum absolute atomic E-state index is 13.8. The van der Waals surface area contributed by atoms with Gasteiger partial charge in [0.05, 0.1) is 23.3 Å². The second-order valence-electron chi connectivity index (χ2n) is 6.75. The van der Waals surface area contributed by atoms with Crippen molar-refractivity contribution in [1.82, 2.24) is 15.3 Å². The van der Waals surface area contributed by atoms with Gasteiger partial charge in [0.15, 0.2) is 11.4 Å². The number of halogens is 1. The van der Waals surface area contributed by atoms with Crippen LogP contribution in [0.1, 0.15) is 25.5 Å². The Morgan fingerprint density at radius 3 is 2.75 bits per heavy atom. The highest BCUT2D eigenvalue weighted by atomic mass is 19.1. The van der Waals surface area contributed by atoms with Gasteiger partial charge in [-0.15, -0.1) is 0 Å². The van der Waals surface area contributed by atoms with Gasteiger partial charge in [-0.3, -0.25) is 10.1 Å². The predicted octanol–water partition coefficient (Wildman–Crippen LogP) is 3.42. The normalized spacial score (nSPS) is 13.7. The minimum atomic E-state index is -0.519. The first-order valence-corrected chi connectivity index (χ1v) is 8.87. The van der Waals surface area contributed by atoms with Gasteiger partial charge in [-0.2, -0.15) is 0 Å². The van der Waals surface area contributed by atoms with Crippen molar-refractivity contribution in [3.63, 3.8) is 0 Å². The summed E-state index contributed by atoms with van der Waals surface area (Å²) in [7, 11) is 0. The molecule has 2 aromatic carbocycles. The van der Waals surface area contributed by atoms with Crippen molar-refractivity contribution < 1.29 is 13.6 Å². The fraction of sp³-hybridized carbons (Fsp3) is 0.200. The van der Waals surface area contributed by atoms with Gasteiger partial charge in [-0.05, 0) is 38.1 Å². The SMILES string of the molecule is CC(N[C@H](C)c1coc2c(F)cccc12)C(=O)Nc1ccc2[nH]c(=O)[nH]c2c1. The van der Waals surface area contributed by atoms with Crippen LogP contribution in [0.15, 0.2) is 51.9 Å². The number of carbonyl (C=O) groups is 1. The van der Waals surface area contributed by atoms with Crippen LogP contribution in [0.3, 0.4) is 0 Å². The highest BCUT2D eigenvalue weighted by Gasteiger charge is 2.20. The molecule has 2 heterocycles. The molecule has 0 spiro atoms. The van der Waals surface area contributed by atoms with E-state index in [0.717, 1.165) is 5.56 Å². The molecule has 144 valence electrons. The Morgan fingerprint density at radius 1 is 1.14 bits per heavy atom. The summed E-state index contributed by atoms with van der Waals surface area (Å²) in [4.78, 5) is 29.2. The Balaban J connectivity index is 1.47. The molecule has 0 bridgehead atoms. The summed E-state index contributed by atoms with van der Waals surface area (Å²) in [6.07, 6.45) is 1.51. The van der Waals surface area contributed by atoms with Crippen LogP contribution >= 0.6 is 0 Å². The number of fused-ring (bicyclic) bond motifs is 2. The Bertz CT molecular complexity index is 1220. The number of benzene rings is 2. The molecule has 8 heteroatoms. The lowest BCUT2D eigenvalue weighted by molar-refractivity contribution is -0.117. The first kappa shape index (κ1) is 18.0. The summed E-state index contributed by atoms with van der Waals surface area (Å²) in [5, 5.41) is 6.69. The van der Waals surface area contributed by atoms with Gasteiger partial charge in [0.2, 0.25) is 5.91 Å². The van der Waals surface area contributed by atoms with Crippen molar-refractivity contribution >= 4 is 33.6 Å². The summed E-state index contributed by atoms with van der Waals surface area (Å²) in [6.45, 7) is 3.63. The lowest BCUT2D eigenvalue weighted by Gasteiger charge is -2.19. The first-order chi connectivity index (χ1) is 13.4. The number of rotatable bonds is 5. The number of anilines is 1. The predicted molar refractivity (Wildman–Crippen MR) is 105 cm³/mol. The molecule has 0 aliphatic rings. The Morgan fingerprint density at radius 2 is 1.93 bits per heavy atom. The molecule has 0 aliphatic carbocycles. The minimum absolute atomic E-state index is 0.206. The van der Waals surface area contributed by atoms with Crippen molar-refractivity contribution in [2.75, 3.05) is 5.32 Å². The van der Waals surface area contributed by atoms with Crippen molar-refractivity contribution in [2.45, 2.75) is 25.9 Å². The summed E-state index contributed by atoms with van der Waals surface area (Å²) in [5.41, 5.74) is 2.54. The summed E-state index contributed by atoms with van der Waals surface area (Å²) >= 11 is 0. The zero-order valence-electron chi connectivity index (χ0n) is 15.3. The van der Waals surface area contributed by atoms with Crippen molar-refractivity contribution in [3.05, 3.63) is 64.5 Å². The monoisotopic (exact) mass is 382 g/mol. The van der Waals surface area contributed by atoms with Crippen LogP contribution in [0.4, 0.5) is 10.1 Å². The van der Waals surface area contributed by atoms with Gasteiger partial charge >= 0.3 is 5.69 Å². The molecule has 0 saturated heterocycles. The van der Waals surface area contributed by atoms with E-state index in [9.17, 15) is 14.0 Å². The lowest BCUT2D eigenvalue weighted by atomic mass is 10.1. The number of furan rings is 1. The summed E-state index contributed by atoms with van der Waals surface area (Å²) in [5.74, 6) is -0.650. The number of hydrogen-bond acceptors (Lipinski definition) is 4. The van der Waals surface area contributed by atoms with E-state index in [4.69, 9.17) is 4.42 Å². The van der Waals surface area contributed by atoms with Crippen LogP contribution in [0.5, 0.6) is 0 Å². The molecule has 0 radical (unpaired) electrons. The molecule has 2 aromatic heterocycles. The average Bonchev–Trinajstić information content (AvgIpc) is 3.24. The third-order valence-electron chi connectivity index (χ3n) is 4.73. The van der Waals surface area contributed by atoms with Crippen molar-refractivity contribution in [2.24, 2.45) is 0 Å². The second kappa shape index (κ2) is 6.97. The molecule has 1 amide bonds. The van der Waals surface area contributed by atoms with Crippen LogP contribution in [-0.4, -0.2) is 21.9 Å². The average molecular weight is 382 g/mol. The number of aromatic amines is 2. The Labute approximate surface area is 158 Å². The second-order valence-corrected chi connectivity index (χ2v) is 6.75. The lowest BCUT2D eigenvalue weighted by Crippen LogP contribution is -2.39. The van der Waals surface area contributed by atoms with Crippen LogP contribution < -0.4 is 16.3 Å². The number of nitrogens with one attached hydrogen (secondary N) is 4. The molecule has 0 fully saturated rings. The van der Waals surface area contributed by atoms with E-state index < -0.39 is 11.9 Å². The third kappa shape index (κ3) is 3.29. The number of H-pyrrole nitrogens is 2. The smallest absolute Gasteiger partial charge is 0.323 e. The van der Waals surface area contributed by atoms with Gasteiger partial charge < -0.3 is 19.7 Å². The molecule has 28 heavy (non-hydrogen) atoms. The molecule has 0 saturated carbocycles. The van der Waals surface area contributed by atoms with Crippen LogP contribution in [0.2, 0.25) is 0 Å². The first-order valence-electron chi connectivity index (χ1n) is 8.87. The van der Waals surface area contributed by atoms with Gasteiger partial charge in [-0.1, -0.05) is 12.1 Å². The van der Waals surface area contributed by atoms with Crippen LogP contribution in [0, 0.1) is 5.82 Å². The zero-order valence-corrected chi connectivity index (χ0v) is 15.3. The van der Waals surface area contributed by atoms with Gasteiger partial charge in [0.25, 0.3) is 0 Å². The minimum Gasteiger partial charge on any atom is -0.461 e. The molecule has 2 atom stereocenters. The molecular weight excluding hydrogens is 363 g/mol. The Kier molecular flexibility index (Phi) is 4.48. The fourth-order valence-corrected chi connectivity index (χ4v) is 3.28. The fourth-order valence-electron chi connectivity index (χ4n) is 3.28. The molecule has 7 nitrogen and oxygen atoms in total. The van der Waals surface area contributed by atoms with E-state index in [0.29, 0.717) is 22.1 Å². The molecule has 1 unspecified atom stereocenters. The van der Waals surface area contributed by atoms with E-state index in [1.165, 1.54) is 12.3 Å². The number of amides is 1. The largest absolute Gasteiger partial charge is 0.461 e. The quantitative estimate of drug-likeness (QED) is 0.425. The Hall–Kier alpha value is -3.39. The summed E-state index contributed by atoms with van der Waals surface area (Å²) < 4.78 is 19.1. The van der Waals surface area contributed by atoms with E-state index in [1.807, 2.05) is 6.92 Å². The van der Waals surface area contributed by atoms with Crippen LogP contribution in [-0.2, 0) is 4.79 Å². The van der Waals surface area contributed by atoms with E-state index in [2.05, 4.69) is 20.6 Å². The van der Waals surface area contributed by atoms with Gasteiger partial charge in [0.1, 0.15) is 0 Å². The number of para-hydroxylation sites is 1. The number of hydrogen-bond donors (Lipinski definition) is 4. The topological polar surface area (TPSA) is 103 Å². The maximum Gasteiger partial charge on any atom is 0.323 e.